The predicted molar refractivity (Wildman–Crippen MR) is 94.8 cm³/mol. The fourth-order valence-corrected chi connectivity index (χ4v) is 2.76. The second-order valence-electron chi connectivity index (χ2n) is 5.10. The van der Waals surface area contributed by atoms with E-state index in [-0.39, 0.29) is 18.2 Å². The minimum Gasteiger partial charge on any atom is -0.325 e. The summed E-state index contributed by atoms with van der Waals surface area (Å²) in [6.07, 6.45) is 0.769. The Bertz CT molecular complexity index is 751. The lowest BCUT2D eigenvalue weighted by Gasteiger charge is -2.08. The van der Waals surface area contributed by atoms with Gasteiger partial charge in [-0.3, -0.25) is 9.59 Å². The molecule has 8 heteroatoms. The highest BCUT2D eigenvalue weighted by molar-refractivity contribution is 8.15. The van der Waals surface area contributed by atoms with Crippen molar-refractivity contribution < 1.29 is 9.59 Å². The van der Waals surface area contributed by atoms with Crippen molar-refractivity contribution in [1.82, 2.24) is 5.32 Å². The van der Waals surface area contributed by atoms with Crippen molar-refractivity contribution in [3.63, 3.8) is 0 Å². The van der Waals surface area contributed by atoms with Gasteiger partial charge in [-0.05, 0) is 25.5 Å². The van der Waals surface area contributed by atoms with Crippen LogP contribution >= 0.6 is 11.8 Å². The van der Waals surface area contributed by atoms with Crippen molar-refractivity contribution in [2.24, 2.45) is 10.2 Å². The Morgan fingerprint density at radius 3 is 2.92 bits per heavy atom. The maximum atomic E-state index is 12.1. The van der Waals surface area contributed by atoms with Gasteiger partial charge in [0.1, 0.15) is 11.3 Å². The first-order valence-corrected chi connectivity index (χ1v) is 8.29. The summed E-state index contributed by atoms with van der Waals surface area (Å²) in [6.45, 7) is 3.81. The summed E-state index contributed by atoms with van der Waals surface area (Å²) in [4.78, 5) is 24.0. The molecule has 0 bridgehead atoms. The summed E-state index contributed by atoms with van der Waals surface area (Å²) in [5.74, 6) is -0.605. The number of carbonyl (C=O) groups is 2. The number of nitrogens with zero attached hydrogens (tertiary/aromatic N) is 3. The van der Waals surface area contributed by atoms with Gasteiger partial charge in [0.25, 0.3) is 0 Å². The molecule has 2 amide bonds. The molecule has 0 aromatic heterocycles. The molecule has 0 aliphatic carbocycles. The van der Waals surface area contributed by atoms with Crippen LogP contribution in [0.15, 0.2) is 34.5 Å². The molecule has 7 nitrogen and oxygen atoms in total. The second-order valence-corrected chi connectivity index (χ2v) is 6.29. The van der Waals surface area contributed by atoms with Crippen molar-refractivity contribution in [3.8, 4) is 6.07 Å². The lowest BCUT2D eigenvalue weighted by atomic mass is 10.2. The van der Waals surface area contributed by atoms with Gasteiger partial charge >= 0.3 is 0 Å². The summed E-state index contributed by atoms with van der Waals surface area (Å²) in [5, 5.41) is 22.1. The van der Waals surface area contributed by atoms with Crippen LogP contribution < -0.4 is 10.6 Å². The van der Waals surface area contributed by atoms with Gasteiger partial charge in [-0.15, -0.1) is 5.10 Å². The zero-order valence-electron chi connectivity index (χ0n) is 13.4. The number of rotatable bonds is 5. The Hall–Kier alpha value is -2.66. The minimum atomic E-state index is -0.560. The highest BCUT2D eigenvalue weighted by atomic mass is 32.2. The number of nitriles is 1. The van der Waals surface area contributed by atoms with Gasteiger partial charge in [0.2, 0.25) is 11.8 Å². The number of benzene rings is 1. The lowest BCUT2D eigenvalue weighted by Crippen LogP contribution is -2.28. The number of carbonyl (C=O) groups excluding carboxylic acids is 2. The second kappa shape index (κ2) is 8.26. The Labute approximate surface area is 144 Å². The van der Waals surface area contributed by atoms with E-state index in [4.69, 9.17) is 5.26 Å². The fraction of sp³-hybridized carbons (Fsp3) is 0.312. The first-order chi connectivity index (χ1) is 11.5. The highest BCUT2D eigenvalue weighted by Gasteiger charge is 2.32. The van der Waals surface area contributed by atoms with E-state index >= 15 is 0 Å². The molecule has 1 aliphatic heterocycles. The van der Waals surface area contributed by atoms with E-state index in [0.29, 0.717) is 16.4 Å². The van der Waals surface area contributed by atoms with Gasteiger partial charge < -0.3 is 10.6 Å². The maximum Gasteiger partial charge on any atom is 0.240 e. The third kappa shape index (κ3) is 4.67. The van der Waals surface area contributed by atoms with Gasteiger partial charge in [0.05, 0.1) is 11.3 Å². The molecule has 0 radical (unpaired) electrons. The number of hydrogen-bond acceptors (Lipinski definition) is 6. The standard InChI is InChI=1S/C16H17N5O2S/c1-3-10(2)20-21-16-19-15(23)13(24-16)8-14(22)18-12-7-5-4-6-11(12)9-17/h4-7,13H,3,8H2,1-2H3,(H,18,22)(H,19,21,23). The van der Waals surface area contributed by atoms with Crippen LogP contribution in [-0.4, -0.2) is 27.9 Å². The zero-order chi connectivity index (χ0) is 17.5. The van der Waals surface area contributed by atoms with E-state index in [1.165, 1.54) is 11.8 Å². The van der Waals surface area contributed by atoms with Crippen LogP contribution in [0.3, 0.4) is 0 Å². The molecule has 24 heavy (non-hydrogen) atoms. The third-order valence-corrected chi connectivity index (χ3v) is 4.36. The molecule has 1 aromatic carbocycles. The van der Waals surface area contributed by atoms with Crippen molar-refractivity contribution in [2.75, 3.05) is 5.32 Å². The van der Waals surface area contributed by atoms with E-state index in [1.807, 2.05) is 19.9 Å². The van der Waals surface area contributed by atoms with E-state index in [9.17, 15) is 9.59 Å². The van der Waals surface area contributed by atoms with Crippen LogP contribution in [0.5, 0.6) is 0 Å². The number of para-hydroxylation sites is 1. The number of nitrogens with one attached hydrogen (secondary N) is 2. The van der Waals surface area contributed by atoms with E-state index in [0.717, 1.165) is 12.1 Å². The molecule has 2 N–H and O–H groups in total. The summed E-state index contributed by atoms with van der Waals surface area (Å²) in [7, 11) is 0. The highest BCUT2D eigenvalue weighted by Crippen LogP contribution is 2.23. The Kier molecular flexibility index (Phi) is 6.09. The van der Waals surface area contributed by atoms with Crippen LogP contribution in [0.4, 0.5) is 5.69 Å². The first-order valence-electron chi connectivity index (χ1n) is 7.41. The molecule has 1 unspecified atom stereocenters. The van der Waals surface area contributed by atoms with Crippen LogP contribution in [0.25, 0.3) is 0 Å². The monoisotopic (exact) mass is 343 g/mol. The van der Waals surface area contributed by atoms with Crippen LogP contribution in [0.2, 0.25) is 0 Å². The van der Waals surface area contributed by atoms with Crippen LogP contribution in [0.1, 0.15) is 32.3 Å². The summed E-state index contributed by atoms with van der Waals surface area (Å²) in [6, 6.07) is 8.72. The molecular formula is C16H17N5O2S. The zero-order valence-corrected chi connectivity index (χ0v) is 14.2. The Balaban J connectivity index is 1.97. The molecule has 1 atom stereocenters. The van der Waals surface area contributed by atoms with Gasteiger partial charge in [0, 0.05) is 12.1 Å². The van der Waals surface area contributed by atoms with E-state index in [2.05, 4.69) is 20.8 Å². The van der Waals surface area contributed by atoms with Crippen molar-refractivity contribution in [2.45, 2.75) is 31.9 Å². The number of amidine groups is 1. The average molecular weight is 343 g/mol. The smallest absolute Gasteiger partial charge is 0.240 e. The van der Waals surface area contributed by atoms with Gasteiger partial charge in [-0.1, -0.05) is 30.8 Å². The summed E-state index contributed by atoms with van der Waals surface area (Å²) >= 11 is 1.18. The molecule has 1 aromatic rings. The van der Waals surface area contributed by atoms with Crippen LogP contribution in [-0.2, 0) is 9.59 Å². The number of anilines is 1. The minimum absolute atomic E-state index is 0.00818. The van der Waals surface area contributed by atoms with E-state index in [1.54, 1.807) is 24.3 Å². The van der Waals surface area contributed by atoms with Gasteiger partial charge in [0.15, 0.2) is 5.17 Å². The third-order valence-electron chi connectivity index (χ3n) is 3.29. The molecule has 0 saturated carbocycles. The maximum absolute atomic E-state index is 12.1. The normalized spacial score (nSPS) is 19.0. The molecule has 2 rings (SSSR count). The fourth-order valence-electron chi connectivity index (χ4n) is 1.85. The molecule has 1 saturated heterocycles. The summed E-state index contributed by atoms with van der Waals surface area (Å²) in [5.41, 5.74) is 1.66. The number of thioether (sulfide) groups is 1. The van der Waals surface area contributed by atoms with Crippen molar-refractivity contribution in [3.05, 3.63) is 29.8 Å². The molecule has 0 spiro atoms. The number of hydrogen-bond donors (Lipinski definition) is 2. The molecule has 124 valence electrons. The van der Waals surface area contributed by atoms with Gasteiger partial charge in [-0.2, -0.15) is 10.4 Å². The lowest BCUT2D eigenvalue weighted by molar-refractivity contribution is -0.122. The Morgan fingerprint density at radius 2 is 2.21 bits per heavy atom. The quantitative estimate of drug-likeness (QED) is 0.631. The SMILES string of the molecule is CCC(C)=N/N=C1\NC(=O)C(CC(=O)Nc2ccccc2C#N)S1. The molecule has 1 fully saturated rings. The predicted octanol–water partition coefficient (Wildman–Crippen LogP) is 2.26. The van der Waals surface area contributed by atoms with Crippen molar-refractivity contribution >= 4 is 40.1 Å². The Morgan fingerprint density at radius 1 is 1.46 bits per heavy atom. The van der Waals surface area contributed by atoms with E-state index < -0.39 is 5.25 Å². The van der Waals surface area contributed by atoms with Gasteiger partial charge in [-0.25, -0.2) is 0 Å². The van der Waals surface area contributed by atoms with Crippen LogP contribution in [0, 0.1) is 11.3 Å². The average Bonchev–Trinajstić information content (AvgIpc) is 2.92. The first kappa shape index (κ1) is 17.7. The molecular weight excluding hydrogens is 326 g/mol. The molecule has 1 aliphatic rings. The van der Waals surface area contributed by atoms with Crippen molar-refractivity contribution in [1.29, 1.82) is 5.26 Å². The number of amides is 2. The molecule has 1 heterocycles. The summed E-state index contributed by atoms with van der Waals surface area (Å²) < 4.78 is 0. The topological polar surface area (TPSA) is 107 Å². The largest absolute Gasteiger partial charge is 0.325 e.